The van der Waals surface area contributed by atoms with Crippen LogP contribution in [0.25, 0.3) is 0 Å². The van der Waals surface area contributed by atoms with Crippen molar-refractivity contribution >= 4 is 17.5 Å². The van der Waals surface area contributed by atoms with Gasteiger partial charge in [0, 0.05) is 30.9 Å². The number of nitro groups is 1. The number of carbonyl (C=O) groups excluding carboxylic acids is 1. The Labute approximate surface area is 121 Å². The number of alkyl carbamates (subject to hydrolysis) is 1. The van der Waals surface area contributed by atoms with E-state index in [1.807, 2.05) is 0 Å². The van der Waals surface area contributed by atoms with Gasteiger partial charge in [-0.2, -0.15) is 4.39 Å². The van der Waals surface area contributed by atoms with Gasteiger partial charge in [-0.05, 0) is 26.8 Å². The van der Waals surface area contributed by atoms with Crippen LogP contribution in [0.1, 0.15) is 20.8 Å². The Hall–Kier alpha value is -2.38. The molecule has 1 rings (SSSR count). The van der Waals surface area contributed by atoms with E-state index in [1.165, 1.54) is 6.07 Å². The number of nitrogens with one attached hydrogen (secondary N) is 2. The summed E-state index contributed by atoms with van der Waals surface area (Å²) in [5, 5.41) is 15.8. The fourth-order valence-corrected chi connectivity index (χ4v) is 1.45. The molecule has 0 unspecified atom stereocenters. The number of hydrogen-bond donors (Lipinski definition) is 2. The second-order valence-electron chi connectivity index (χ2n) is 5.28. The lowest BCUT2D eigenvalue weighted by atomic mass is 10.2. The smallest absolute Gasteiger partial charge is 0.407 e. The maximum Gasteiger partial charge on any atom is 0.407 e. The zero-order valence-electron chi connectivity index (χ0n) is 12.1. The lowest BCUT2D eigenvalue weighted by Gasteiger charge is -2.19. The summed E-state index contributed by atoms with van der Waals surface area (Å²) >= 11 is 0. The van der Waals surface area contributed by atoms with Gasteiger partial charge in [-0.15, -0.1) is 0 Å². The van der Waals surface area contributed by atoms with Crippen molar-refractivity contribution in [1.29, 1.82) is 0 Å². The first-order valence-corrected chi connectivity index (χ1v) is 6.34. The van der Waals surface area contributed by atoms with Crippen molar-refractivity contribution in [3.8, 4) is 0 Å². The number of benzene rings is 1. The van der Waals surface area contributed by atoms with Gasteiger partial charge >= 0.3 is 11.8 Å². The number of nitrogens with zero attached hydrogens (tertiary/aromatic N) is 1. The van der Waals surface area contributed by atoms with E-state index in [9.17, 15) is 19.3 Å². The SMILES string of the molecule is CC(C)(C)OC(=O)NCCNc1ccc([N+](=O)[O-])c(F)c1. The molecule has 1 aromatic rings. The van der Waals surface area contributed by atoms with Gasteiger partial charge in [0.1, 0.15) is 5.60 Å². The molecule has 116 valence electrons. The first-order valence-electron chi connectivity index (χ1n) is 6.34. The quantitative estimate of drug-likeness (QED) is 0.495. The third-order valence-electron chi connectivity index (χ3n) is 2.27. The van der Waals surface area contributed by atoms with Gasteiger partial charge < -0.3 is 15.4 Å². The van der Waals surface area contributed by atoms with Crippen LogP contribution in [0.5, 0.6) is 0 Å². The molecule has 0 heterocycles. The van der Waals surface area contributed by atoms with Crippen LogP contribution >= 0.6 is 0 Å². The van der Waals surface area contributed by atoms with Gasteiger partial charge in [-0.3, -0.25) is 10.1 Å². The minimum absolute atomic E-state index is 0.271. The van der Waals surface area contributed by atoms with Gasteiger partial charge in [0.25, 0.3) is 0 Å². The van der Waals surface area contributed by atoms with Crippen molar-refractivity contribution in [2.75, 3.05) is 18.4 Å². The molecular weight excluding hydrogens is 281 g/mol. The Kier molecular flexibility index (Phi) is 5.45. The van der Waals surface area contributed by atoms with Gasteiger partial charge in [0.2, 0.25) is 5.82 Å². The average molecular weight is 299 g/mol. The number of anilines is 1. The van der Waals surface area contributed by atoms with Gasteiger partial charge in [0.05, 0.1) is 4.92 Å². The number of carbonyl (C=O) groups is 1. The molecule has 0 saturated heterocycles. The number of rotatable bonds is 5. The molecule has 0 aromatic heterocycles. The molecule has 0 aliphatic rings. The van der Waals surface area contributed by atoms with Crippen molar-refractivity contribution in [1.82, 2.24) is 5.32 Å². The van der Waals surface area contributed by atoms with Crippen LogP contribution in [0.2, 0.25) is 0 Å². The van der Waals surface area contributed by atoms with E-state index in [2.05, 4.69) is 10.6 Å². The Morgan fingerprint density at radius 3 is 2.57 bits per heavy atom. The zero-order valence-corrected chi connectivity index (χ0v) is 12.1. The molecule has 2 N–H and O–H groups in total. The van der Waals surface area contributed by atoms with Crippen molar-refractivity contribution in [3.63, 3.8) is 0 Å². The molecule has 0 bridgehead atoms. The van der Waals surface area contributed by atoms with Crippen LogP contribution < -0.4 is 10.6 Å². The predicted octanol–water partition coefficient (Wildman–Crippen LogP) is 2.67. The van der Waals surface area contributed by atoms with Crippen molar-refractivity contribution in [2.45, 2.75) is 26.4 Å². The molecule has 0 radical (unpaired) electrons. The lowest BCUT2D eigenvalue weighted by molar-refractivity contribution is -0.387. The van der Waals surface area contributed by atoms with E-state index in [0.717, 1.165) is 12.1 Å². The molecular formula is C13H18FN3O4. The monoisotopic (exact) mass is 299 g/mol. The van der Waals surface area contributed by atoms with Crippen LogP contribution in [0.3, 0.4) is 0 Å². The molecule has 21 heavy (non-hydrogen) atoms. The van der Waals surface area contributed by atoms with Crippen LogP contribution in [0, 0.1) is 15.9 Å². The second kappa shape index (κ2) is 6.87. The van der Waals surface area contributed by atoms with Crippen molar-refractivity contribution in [2.24, 2.45) is 0 Å². The molecule has 8 heteroatoms. The minimum atomic E-state index is -0.912. The van der Waals surface area contributed by atoms with Crippen molar-refractivity contribution < 1.29 is 18.8 Å². The van der Waals surface area contributed by atoms with E-state index in [-0.39, 0.29) is 6.54 Å². The maximum atomic E-state index is 13.4. The Morgan fingerprint density at radius 2 is 2.05 bits per heavy atom. The summed E-state index contributed by atoms with van der Waals surface area (Å²) in [6.45, 7) is 5.86. The minimum Gasteiger partial charge on any atom is -0.444 e. The van der Waals surface area contributed by atoms with Crippen LogP contribution in [-0.4, -0.2) is 29.7 Å². The summed E-state index contributed by atoms with van der Waals surface area (Å²) in [7, 11) is 0. The third-order valence-corrected chi connectivity index (χ3v) is 2.27. The van der Waals surface area contributed by atoms with E-state index in [0.29, 0.717) is 12.2 Å². The molecule has 0 atom stereocenters. The lowest BCUT2D eigenvalue weighted by Crippen LogP contribution is -2.35. The molecule has 0 fully saturated rings. The molecule has 0 spiro atoms. The third kappa shape index (κ3) is 6.07. The molecule has 7 nitrogen and oxygen atoms in total. The molecule has 0 saturated carbocycles. The Bertz CT molecular complexity index is 529. The van der Waals surface area contributed by atoms with Crippen LogP contribution in [0.15, 0.2) is 18.2 Å². The highest BCUT2D eigenvalue weighted by Gasteiger charge is 2.16. The fourth-order valence-electron chi connectivity index (χ4n) is 1.45. The van der Waals surface area contributed by atoms with Gasteiger partial charge in [-0.25, -0.2) is 4.79 Å². The zero-order chi connectivity index (χ0) is 16.0. The highest BCUT2D eigenvalue weighted by Crippen LogP contribution is 2.20. The van der Waals surface area contributed by atoms with Gasteiger partial charge in [-0.1, -0.05) is 0 Å². The van der Waals surface area contributed by atoms with Crippen molar-refractivity contribution in [3.05, 3.63) is 34.1 Å². The number of hydrogen-bond acceptors (Lipinski definition) is 5. The molecule has 1 aromatic carbocycles. The summed E-state index contributed by atoms with van der Waals surface area (Å²) in [5.41, 5.74) is -0.754. The normalized spacial score (nSPS) is 10.9. The summed E-state index contributed by atoms with van der Waals surface area (Å²) in [6.07, 6.45) is -0.542. The van der Waals surface area contributed by atoms with E-state index >= 15 is 0 Å². The Balaban J connectivity index is 2.38. The Morgan fingerprint density at radius 1 is 1.38 bits per heavy atom. The molecule has 0 aliphatic carbocycles. The molecule has 0 aliphatic heterocycles. The number of amides is 1. The average Bonchev–Trinajstić information content (AvgIpc) is 2.32. The van der Waals surface area contributed by atoms with Crippen LogP contribution in [0.4, 0.5) is 20.6 Å². The van der Waals surface area contributed by atoms with E-state index in [1.54, 1.807) is 20.8 Å². The first-order chi connectivity index (χ1) is 9.69. The summed E-state index contributed by atoms with van der Waals surface area (Å²) in [4.78, 5) is 21.0. The second-order valence-corrected chi connectivity index (χ2v) is 5.28. The number of nitro benzene ring substituents is 1. The van der Waals surface area contributed by atoms with Gasteiger partial charge in [0.15, 0.2) is 0 Å². The first kappa shape index (κ1) is 16.7. The highest BCUT2D eigenvalue weighted by molar-refractivity contribution is 5.67. The maximum absolute atomic E-state index is 13.4. The van der Waals surface area contributed by atoms with E-state index in [4.69, 9.17) is 4.74 Å². The highest BCUT2D eigenvalue weighted by atomic mass is 19.1. The fraction of sp³-hybridized carbons (Fsp3) is 0.462. The summed E-state index contributed by atoms with van der Waals surface area (Å²) in [5.74, 6) is -0.912. The number of halogens is 1. The summed E-state index contributed by atoms with van der Waals surface area (Å²) < 4.78 is 18.4. The summed E-state index contributed by atoms with van der Waals surface area (Å²) in [6, 6.07) is 3.51. The van der Waals surface area contributed by atoms with Crippen LogP contribution in [-0.2, 0) is 4.74 Å². The largest absolute Gasteiger partial charge is 0.444 e. The predicted molar refractivity (Wildman–Crippen MR) is 75.8 cm³/mol. The standard InChI is InChI=1S/C13H18FN3O4/c1-13(2,3)21-12(18)16-7-6-15-9-4-5-11(17(19)20)10(14)8-9/h4-5,8,15H,6-7H2,1-3H3,(H,16,18). The number of ether oxygens (including phenoxy) is 1. The topological polar surface area (TPSA) is 93.5 Å². The molecule has 1 amide bonds. The van der Waals surface area contributed by atoms with E-state index < -0.39 is 28.1 Å².